The van der Waals surface area contributed by atoms with E-state index in [2.05, 4.69) is 21.2 Å². The Morgan fingerprint density at radius 3 is 2.59 bits per heavy atom. The van der Waals surface area contributed by atoms with E-state index in [9.17, 15) is 13.2 Å². The number of nitrogens with two attached hydrogens (primary N) is 1. The average Bonchev–Trinajstić information content (AvgIpc) is 2.46. The SMILES string of the molecule is NS(=O)(=O)c1ccc(Br)c(C(=O)Nc2cccc(CO)c2)c1. The molecule has 0 spiro atoms. The van der Waals surface area contributed by atoms with Gasteiger partial charge < -0.3 is 10.4 Å². The van der Waals surface area contributed by atoms with Crippen LogP contribution in [0.4, 0.5) is 5.69 Å². The monoisotopic (exact) mass is 384 g/mol. The van der Waals surface area contributed by atoms with Crippen molar-refractivity contribution in [3.8, 4) is 0 Å². The van der Waals surface area contributed by atoms with E-state index in [1.165, 1.54) is 18.2 Å². The molecule has 0 heterocycles. The van der Waals surface area contributed by atoms with Crippen molar-refractivity contribution in [3.63, 3.8) is 0 Å². The van der Waals surface area contributed by atoms with Crippen molar-refractivity contribution in [2.45, 2.75) is 11.5 Å². The van der Waals surface area contributed by atoms with Gasteiger partial charge in [0.15, 0.2) is 0 Å². The number of nitrogens with one attached hydrogen (secondary N) is 1. The van der Waals surface area contributed by atoms with Gasteiger partial charge in [-0.3, -0.25) is 4.79 Å². The summed E-state index contributed by atoms with van der Waals surface area (Å²) in [6, 6.07) is 10.6. The van der Waals surface area contributed by atoms with E-state index in [0.717, 1.165) is 0 Å². The van der Waals surface area contributed by atoms with Gasteiger partial charge >= 0.3 is 0 Å². The summed E-state index contributed by atoms with van der Waals surface area (Å²) in [6.07, 6.45) is 0. The molecule has 116 valence electrons. The number of hydrogen-bond acceptors (Lipinski definition) is 4. The third-order valence-electron chi connectivity index (χ3n) is 2.88. The first kappa shape index (κ1) is 16.6. The molecule has 2 aromatic rings. The molecule has 0 saturated heterocycles. The molecule has 2 aromatic carbocycles. The van der Waals surface area contributed by atoms with Crippen LogP contribution in [0.5, 0.6) is 0 Å². The van der Waals surface area contributed by atoms with Gasteiger partial charge in [-0.2, -0.15) is 0 Å². The second kappa shape index (κ2) is 6.57. The van der Waals surface area contributed by atoms with Gasteiger partial charge in [-0.1, -0.05) is 12.1 Å². The molecule has 0 aliphatic heterocycles. The topological polar surface area (TPSA) is 109 Å². The lowest BCUT2D eigenvalue weighted by molar-refractivity contribution is 0.102. The zero-order valence-corrected chi connectivity index (χ0v) is 13.7. The Labute approximate surface area is 136 Å². The fourth-order valence-electron chi connectivity index (χ4n) is 1.80. The Balaban J connectivity index is 2.33. The summed E-state index contributed by atoms with van der Waals surface area (Å²) in [5.74, 6) is -0.493. The Morgan fingerprint density at radius 1 is 1.23 bits per heavy atom. The molecule has 6 nitrogen and oxygen atoms in total. The molecule has 8 heteroatoms. The molecule has 0 bridgehead atoms. The number of sulfonamides is 1. The minimum atomic E-state index is -3.89. The van der Waals surface area contributed by atoms with Crippen molar-refractivity contribution < 1.29 is 18.3 Å². The quantitative estimate of drug-likeness (QED) is 0.746. The van der Waals surface area contributed by atoms with Crippen molar-refractivity contribution in [2.24, 2.45) is 5.14 Å². The summed E-state index contributed by atoms with van der Waals surface area (Å²) in [4.78, 5) is 12.1. The molecule has 4 N–H and O–H groups in total. The van der Waals surface area contributed by atoms with E-state index < -0.39 is 15.9 Å². The second-order valence-corrected chi connectivity index (χ2v) is 6.92. The maximum Gasteiger partial charge on any atom is 0.256 e. The van der Waals surface area contributed by atoms with Gasteiger partial charge in [0.2, 0.25) is 10.0 Å². The van der Waals surface area contributed by atoms with Crippen molar-refractivity contribution >= 4 is 37.5 Å². The summed E-state index contributed by atoms with van der Waals surface area (Å²) in [6.45, 7) is -0.145. The molecule has 2 rings (SSSR count). The van der Waals surface area contributed by atoms with Crippen LogP contribution in [-0.2, 0) is 16.6 Å². The summed E-state index contributed by atoms with van der Waals surface area (Å²) >= 11 is 3.20. The number of amides is 1. The molecule has 22 heavy (non-hydrogen) atoms. The first-order chi connectivity index (χ1) is 10.3. The van der Waals surface area contributed by atoms with Gasteiger partial charge in [-0.15, -0.1) is 0 Å². The van der Waals surface area contributed by atoms with Crippen LogP contribution in [0, 0.1) is 0 Å². The number of benzene rings is 2. The van der Waals surface area contributed by atoms with Crippen molar-refractivity contribution in [2.75, 3.05) is 5.32 Å². The van der Waals surface area contributed by atoms with E-state index in [4.69, 9.17) is 10.2 Å². The number of aliphatic hydroxyl groups excluding tert-OH is 1. The highest BCUT2D eigenvalue weighted by Crippen LogP contribution is 2.22. The number of halogens is 1. The molecule has 0 unspecified atom stereocenters. The van der Waals surface area contributed by atoms with Crippen LogP contribution in [-0.4, -0.2) is 19.4 Å². The smallest absolute Gasteiger partial charge is 0.256 e. The minimum Gasteiger partial charge on any atom is -0.392 e. The summed E-state index contributed by atoms with van der Waals surface area (Å²) in [5, 5.41) is 16.8. The van der Waals surface area contributed by atoms with Crippen LogP contribution in [0.25, 0.3) is 0 Å². The fraction of sp³-hybridized carbons (Fsp3) is 0.0714. The number of primary sulfonamides is 1. The number of hydrogen-bond donors (Lipinski definition) is 3. The lowest BCUT2D eigenvalue weighted by Gasteiger charge is -2.09. The van der Waals surface area contributed by atoms with E-state index >= 15 is 0 Å². The second-order valence-electron chi connectivity index (χ2n) is 4.50. The highest BCUT2D eigenvalue weighted by atomic mass is 79.9. The lowest BCUT2D eigenvalue weighted by atomic mass is 10.2. The molecule has 0 saturated carbocycles. The molecule has 0 radical (unpaired) electrons. The molecular weight excluding hydrogens is 372 g/mol. The number of anilines is 1. The van der Waals surface area contributed by atoms with Crippen molar-refractivity contribution in [1.82, 2.24) is 0 Å². The van der Waals surface area contributed by atoms with E-state index in [-0.39, 0.29) is 17.1 Å². The maximum atomic E-state index is 12.3. The largest absolute Gasteiger partial charge is 0.392 e. The van der Waals surface area contributed by atoms with Crippen LogP contribution >= 0.6 is 15.9 Å². The predicted octanol–water partition coefficient (Wildman–Crippen LogP) is 1.84. The van der Waals surface area contributed by atoms with Gasteiger partial charge in [0.25, 0.3) is 5.91 Å². The van der Waals surface area contributed by atoms with Crippen molar-refractivity contribution in [3.05, 3.63) is 58.1 Å². The summed E-state index contributed by atoms with van der Waals surface area (Å²) in [7, 11) is -3.89. The normalized spacial score (nSPS) is 11.2. The molecule has 0 aliphatic carbocycles. The molecule has 0 fully saturated rings. The highest BCUT2D eigenvalue weighted by Gasteiger charge is 2.15. The first-order valence-electron chi connectivity index (χ1n) is 6.15. The van der Waals surface area contributed by atoms with Crippen LogP contribution in [0.3, 0.4) is 0 Å². The summed E-state index contributed by atoms with van der Waals surface area (Å²) < 4.78 is 23.2. The van der Waals surface area contributed by atoms with E-state index in [1.807, 2.05) is 0 Å². The molecule has 1 amide bonds. The number of carbonyl (C=O) groups excluding carboxylic acids is 1. The zero-order valence-electron chi connectivity index (χ0n) is 11.3. The lowest BCUT2D eigenvalue weighted by Crippen LogP contribution is -2.16. The molecule has 0 aliphatic rings. The Morgan fingerprint density at radius 2 is 1.95 bits per heavy atom. The fourth-order valence-corrected chi connectivity index (χ4v) is 2.77. The van der Waals surface area contributed by atoms with Crippen molar-refractivity contribution in [1.29, 1.82) is 0 Å². The van der Waals surface area contributed by atoms with Gasteiger partial charge in [0.1, 0.15) is 0 Å². The number of carbonyl (C=O) groups is 1. The molecular formula is C14H13BrN2O4S. The maximum absolute atomic E-state index is 12.3. The van der Waals surface area contributed by atoms with Gasteiger partial charge in [-0.25, -0.2) is 13.6 Å². The van der Waals surface area contributed by atoms with E-state index in [0.29, 0.717) is 15.7 Å². The van der Waals surface area contributed by atoms with Crippen LogP contribution in [0.1, 0.15) is 15.9 Å². The third kappa shape index (κ3) is 3.92. The van der Waals surface area contributed by atoms with E-state index in [1.54, 1.807) is 24.3 Å². The van der Waals surface area contributed by atoms with Crippen LogP contribution < -0.4 is 10.5 Å². The molecule has 0 aromatic heterocycles. The van der Waals surface area contributed by atoms with Crippen LogP contribution in [0.2, 0.25) is 0 Å². The third-order valence-corrected chi connectivity index (χ3v) is 4.48. The highest BCUT2D eigenvalue weighted by molar-refractivity contribution is 9.10. The predicted molar refractivity (Wildman–Crippen MR) is 85.8 cm³/mol. The summed E-state index contributed by atoms with van der Waals surface area (Å²) in [5.41, 5.74) is 1.28. The van der Waals surface area contributed by atoms with Crippen LogP contribution in [0.15, 0.2) is 51.8 Å². The average molecular weight is 385 g/mol. The number of aliphatic hydroxyl groups is 1. The Bertz CT molecular complexity index is 821. The first-order valence-corrected chi connectivity index (χ1v) is 8.48. The zero-order chi connectivity index (χ0) is 16.3. The van der Waals surface area contributed by atoms with Gasteiger partial charge in [0.05, 0.1) is 17.1 Å². The van der Waals surface area contributed by atoms with Gasteiger partial charge in [-0.05, 0) is 51.8 Å². The van der Waals surface area contributed by atoms with Gasteiger partial charge in [0, 0.05) is 10.2 Å². The number of rotatable bonds is 4. The molecule has 0 atom stereocenters. The Hall–Kier alpha value is -1.74. The Kier molecular flexibility index (Phi) is 4.97. The minimum absolute atomic E-state index is 0.140. The standard InChI is InChI=1S/C14H13BrN2O4S/c15-13-5-4-11(22(16,20)21)7-12(13)14(19)17-10-3-1-2-9(6-10)8-18/h1-7,18H,8H2,(H,17,19)(H2,16,20,21).